The first-order chi connectivity index (χ1) is 8.48. The Morgan fingerprint density at radius 3 is 2.89 bits per heavy atom. The average Bonchev–Trinajstić information content (AvgIpc) is 2.27. The Kier molecular flexibility index (Phi) is 3.80. The van der Waals surface area contributed by atoms with E-state index in [0.717, 1.165) is 36.3 Å². The maximum atomic E-state index is 12.0. The molecule has 2 rings (SSSR count). The van der Waals surface area contributed by atoms with Crippen LogP contribution in [-0.4, -0.2) is 20.7 Å². The van der Waals surface area contributed by atoms with Gasteiger partial charge in [-0.1, -0.05) is 19.9 Å². The molecule has 1 aromatic rings. The fourth-order valence-corrected chi connectivity index (χ4v) is 3.74. The third-order valence-corrected chi connectivity index (χ3v) is 4.55. The molecule has 0 aliphatic carbocycles. The normalized spacial score (nSPS) is 15.1. The zero-order chi connectivity index (χ0) is 13.2. The molecule has 0 saturated heterocycles. The number of nitrogens with one attached hydrogen (secondary N) is 2. The summed E-state index contributed by atoms with van der Waals surface area (Å²) in [6.07, 6.45) is 1.96. The van der Waals surface area contributed by atoms with E-state index in [1.54, 1.807) is 0 Å². The number of rotatable bonds is 4. The quantitative estimate of drug-likeness (QED) is 0.882. The molecule has 1 aromatic carbocycles. The van der Waals surface area contributed by atoms with Crippen LogP contribution < -0.4 is 10.0 Å². The van der Waals surface area contributed by atoms with Crippen LogP contribution in [0, 0.1) is 5.92 Å². The molecule has 0 radical (unpaired) electrons. The van der Waals surface area contributed by atoms with E-state index in [9.17, 15) is 8.42 Å². The standard InChI is InChI=1S/C13H20N2O2S/c1-10(2)9-18(16,17)15-13-7-3-6-12-11(13)5-4-8-14-12/h3,6-7,10,14-15H,4-5,8-9H2,1-2H3. The van der Waals surface area contributed by atoms with Gasteiger partial charge >= 0.3 is 0 Å². The van der Waals surface area contributed by atoms with Gasteiger partial charge in [-0.25, -0.2) is 8.42 Å². The number of sulfonamides is 1. The Hall–Kier alpha value is -1.23. The summed E-state index contributed by atoms with van der Waals surface area (Å²) in [5, 5.41) is 3.29. The van der Waals surface area contributed by atoms with E-state index in [4.69, 9.17) is 0 Å². The lowest BCUT2D eigenvalue weighted by Crippen LogP contribution is -2.22. The van der Waals surface area contributed by atoms with E-state index in [1.807, 2.05) is 32.0 Å². The van der Waals surface area contributed by atoms with Gasteiger partial charge in [0.05, 0.1) is 11.4 Å². The summed E-state index contributed by atoms with van der Waals surface area (Å²) >= 11 is 0. The molecule has 1 aliphatic rings. The molecule has 0 aromatic heterocycles. The molecule has 1 heterocycles. The van der Waals surface area contributed by atoms with Gasteiger partial charge in [0.25, 0.3) is 0 Å². The third-order valence-electron chi connectivity index (χ3n) is 2.91. The highest BCUT2D eigenvalue weighted by molar-refractivity contribution is 7.92. The summed E-state index contributed by atoms with van der Waals surface area (Å²) in [6, 6.07) is 5.71. The summed E-state index contributed by atoms with van der Waals surface area (Å²) in [5.41, 5.74) is 2.85. The molecule has 0 bridgehead atoms. The van der Waals surface area contributed by atoms with Gasteiger partial charge in [0.1, 0.15) is 0 Å². The Morgan fingerprint density at radius 2 is 2.17 bits per heavy atom. The average molecular weight is 268 g/mol. The first-order valence-corrected chi connectivity index (χ1v) is 7.99. The van der Waals surface area contributed by atoms with Crippen molar-refractivity contribution in [2.75, 3.05) is 22.3 Å². The first kappa shape index (κ1) is 13.2. The van der Waals surface area contributed by atoms with Crippen LogP contribution in [0.25, 0.3) is 0 Å². The smallest absolute Gasteiger partial charge is 0.232 e. The predicted octanol–water partition coefficient (Wildman–Crippen LogP) is 2.44. The zero-order valence-corrected chi connectivity index (χ0v) is 11.7. The van der Waals surface area contributed by atoms with Crippen molar-refractivity contribution in [3.8, 4) is 0 Å². The molecule has 0 atom stereocenters. The van der Waals surface area contributed by atoms with Crippen molar-refractivity contribution in [2.24, 2.45) is 5.92 Å². The Balaban J connectivity index is 2.24. The van der Waals surface area contributed by atoms with Crippen molar-refractivity contribution in [2.45, 2.75) is 26.7 Å². The Bertz CT molecular complexity index is 524. The zero-order valence-electron chi connectivity index (χ0n) is 10.9. The van der Waals surface area contributed by atoms with Gasteiger partial charge in [-0.2, -0.15) is 0 Å². The summed E-state index contributed by atoms with van der Waals surface area (Å²) in [6.45, 7) is 4.76. The first-order valence-electron chi connectivity index (χ1n) is 6.34. The van der Waals surface area contributed by atoms with Crippen LogP contribution >= 0.6 is 0 Å². The van der Waals surface area contributed by atoms with E-state index in [0.29, 0.717) is 0 Å². The maximum absolute atomic E-state index is 12.0. The molecule has 2 N–H and O–H groups in total. The second-order valence-corrected chi connectivity index (χ2v) is 6.91. The summed E-state index contributed by atoms with van der Waals surface area (Å²) in [7, 11) is -3.25. The van der Waals surface area contributed by atoms with Gasteiger partial charge in [-0.3, -0.25) is 4.72 Å². The molecule has 0 fully saturated rings. The lowest BCUT2D eigenvalue weighted by Gasteiger charge is -2.21. The minimum atomic E-state index is -3.25. The van der Waals surface area contributed by atoms with Crippen LogP contribution in [-0.2, 0) is 16.4 Å². The highest BCUT2D eigenvalue weighted by Crippen LogP contribution is 2.29. The Morgan fingerprint density at radius 1 is 1.39 bits per heavy atom. The van der Waals surface area contributed by atoms with Crippen LogP contribution in [0.2, 0.25) is 0 Å². The highest BCUT2D eigenvalue weighted by Gasteiger charge is 2.17. The number of benzene rings is 1. The second kappa shape index (κ2) is 5.18. The number of hydrogen-bond acceptors (Lipinski definition) is 3. The summed E-state index contributed by atoms with van der Waals surface area (Å²) in [5.74, 6) is 0.282. The maximum Gasteiger partial charge on any atom is 0.232 e. The molecule has 1 aliphatic heterocycles. The van der Waals surface area contributed by atoms with Crippen molar-refractivity contribution in [1.82, 2.24) is 0 Å². The van der Waals surface area contributed by atoms with Gasteiger partial charge in [-0.05, 0) is 36.5 Å². The third kappa shape index (κ3) is 3.16. The number of anilines is 2. The molecule has 4 nitrogen and oxygen atoms in total. The molecule has 0 unspecified atom stereocenters. The lowest BCUT2D eigenvalue weighted by atomic mass is 10.0. The van der Waals surface area contributed by atoms with Crippen LogP contribution in [0.15, 0.2) is 18.2 Å². The van der Waals surface area contributed by atoms with Gasteiger partial charge < -0.3 is 5.32 Å². The van der Waals surface area contributed by atoms with Crippen LogP contribution in [0.4, 0.5) is 11.4 Å². The number of hydrogen-bond donors (Lipinski definition) is 2. The predicted molar refractivity (Wildman–Crippen MR) is 75.5 cm³/mol. The fourth-order valence-electron chi connectivity index (χ4n) is 2.25. The van der Waals surface area contributed by atoms with E-state index < -0.39 is 10.0 Å². The molecule has 100 valence electrons. The van der Waals surface area contributed by atoms with Crippen molar-refractivity contribution in [1.29, 1.82) is 0 Å². The minimum absolute atomic E-state index is 0.125. The molecule has 0 amide bonds. The van der Waals surface area contributed by atoms with E-state index in [-0.39, 0.29) is 11.7 Å². The van der Waals surface area contributed by atoms with Gasteiger partial charge in [0.15, 0.2) is 0 Å². The molecular formula is C13H20N2O2S. The Labute approximate surface area is 109 Å². The van der Waals surface area contributed by atoms with Gasteiger partial charge in [0.2, 0.25) is 10.0 Å². The monoisotopic (exact) mass is 268 g/mol. The van der Waals surface area contributed by atoms with Crippen LogP contribution in [0.1, 0.15) is 25.8 Å². The van der Waals surface area contributed by atoms with Crippen LogP contribution in [0.3, 0.4) is 0 Å². The van der Waals surface area contributed by atoms with Crippen molar-refractivity contribution >= 4 is 21.4 Å². The largest absolute Gasteiger partial charge is 0.385 e. The molecule has 0 spiro atoms. The SMILES string of the molecule is CC(C)CS(=O)(=O)Nc1cccc2c1CCCN2. The van der Waals surface area contributed by atoms with Crippen LogP contribution in [0.5, 0.6) is 0 Å². The van der Waals surface area contributed by atoms with Crippen molar-refractivity contribution in [3.63, 3.8) is 0 Å². The second-order valence-electron chi connectivity index (χ2n) is 5.14. The summed E-state index contributed by atoms with van der Waals surface area (Å²) in [4.78, 5) is 0. The van der Waals surface area contributed by atoms with E-state index in [1.165, 1.54) is 0 Å². The minimum Gasteiger partial charge on any atom is -0.385 e. The van der Waals surface area contributed by atoms with Gasteiger partial charge in [-0.15, -0.1) is 0 Å². The highest BCUT2D eigenvalue weighted by atomic mass is 32.2. The summed E-state index contributed by atoms with van der Waals surface area (Å²) < 4.78 is 26.6. The van der Waals surface area contributed by atoms with E-state index >= 15 is 0 Å². The molecule has 0 saturated carbocycles. The van der Waals surface area contributed by atoms with Gasteiger partial charge in [0, 0.05) is 12.2 Å². The topological polar surface area (TPSA) is 58.2 Å². The lowest BCUT2D eigenvalue weighted by molar-refractivity contribution is 0.587. The molecular weight excluding hydrogens is 248 g/mol. The van der Waals surface area contributed by atoms with Crippen molar-refractivity contribution < 1.29 is 8.42 Å². The number of fused-ring (bicyclic) bond motifs is 1. The molecule has 5 heteroatoms. The van der Waals surface area contributed by atoms with E-state index in [2.05, 4.69) is 10.0 Å². The van der Waals surface area contributed by atoms with Crippen molar-refractivity contribution in [3.05, 3.63) is 23.8 Å². The fraction of sp³-hybridized carbons (Fsp3) is 0.538. The molecule has 18 heavy (non-hydrogen) atoms.